The Balaban J connectivity index is 2.11. The fourth-order valence-corrected chi connectivity index (χ4v) is 1.24. The Hall–Kier alpha value is -1.88. The van der Waals surface area contributed by atoms with E-state index in [4.69, 9.17) is 16.1 Å². The van der Waals surface area contributed by atoms with Gasteiger partial charge in [-0.15, -0.1) is 0 Å². The van der Waals surface area contributed by atoms with Gasteiger partial charge in [0.2, 0.25) is 0 Å². The first kappa shape index (κ1) is 10.6. The summed E-state index contributed by atoms with van der Waals surface area (Å²) in [5.41, 5.74) is 0.472. The van der Waals surface area contributed by atoms with Crippen LogP contribution in [0.25, 0.3) is 0 Å². The van der Waals surface area contributed by atoms with E-state index in [1.807, 2.05) is 0 Å². The first-order chi connectivity index (χ1) is 7.65. The maximum Gasteiger partial charge on any atom is 0.328 e. The highest BCUT2D eigenvalue weighted by molar-refractivity contribution is 6.30. The zero-order valence-electron chi connectivity index (χ0n) is 8.40. The summed E-state index contributed by atoms with van der Waals surface area (Å²) in [6.45, 7) is 1.67. The van der Waals surface area contributed by atoms with E-state index in [1.165, 1.54) is 0 Å². The monoisotopic (exact) mass is 237 g/mol. The lowest BCUT2D eigenvalue weighted by molar-refractivity contribution is 0.102. The van der Waals surface area contributed by atoms with Gasteiger partial charge >= 0.3 is 6.01 Å². The fourth-order valence-electron chi connectivity index (χ4n) is 1.12. The molecule has 0 fully saturated rings. The van der Waals surface area contributed by atoms with E-state index < -0.39 is 0 Å². The van der Waals surface area contributed by atoms with Crippen molar-refractivity contribution in [1.29, 1.82) is 0 Å². The van der Waals surface area contributed by atoms with Crippen molar-refractivity contribution < 1.29 is 9.32 Å². The molecule has 6 heteroatoms. The molecule has 0 aliphatic heterocycles. The van der Waals surface area contributed by atoms with Gasteiger partial charge in [0.25, 0.3) is 5.91 Å². The highest BCUT2D eigenvalue weighted by Crippen LogP contribution is 2.11. The molecule has 0 aliphatic rings. The third-order valence-corrected chi connectivity index (χ3v) is 2.11. The summed E-state index contributed by atoms with van der Waals surface area (Å²) in [6.07, 6.45) is 0. The van der Waals surface area contributed by atoms with Gasteiger partial charge in [-0.1, -0.05) is 16.8 Å². The Morgan fingerprint density at radius 2 is 2.06 bits per heavy atom. The predicted octanol–water partition coefficient (Wildman–Crippen LogP) is 2.28. The minimum atomic E-state index is -0.319. The molecule has 5 nitrogen and oxygen atoms in total. The van der Waals surface area contributed by atoms with Crippen LogP contribution in [0.2, 0.25) is 5.02 Å². The van der Waals surface area contributed by atoms with Crippen LogP contribution < -0.4 is 5.32 Å². The second kappa shape index (κ2) is 4.32. The van der Waals surface area contributed by atoms with Crippen LogP contribution in [0.15, 0.2) is 28.8 Å². The van der Waals surface area contributed by atoms with Crippen molar-refractivity contribution in [2.45, 2.75) is 6.92 Å². The Labute approximate surface area is 96.4 Å². The van der Waals surface area contributed by atoms with Crippen molar-refractivity contribution in [3.05, 3.63) is 40.7 Å². The second-order valence-corrected chi connectivity index (χ2v) is 3.54. The molecule has 1 amide bonds. The van der Waals surface area contributed by atoms with E-state index in [1.54, 1.807) is 31.2 Å². The van der Waals surface area contributed by atoms with Crippen LogP contribution in [-0.2, 0) is 0 Å². The number of hydrogen-bond acceptors (Lipinski definition) is 4. The lowest BCUT2D eigenvalue weighted by Gasteiger charge is -1.99. The number of amides is 1. The van der Waals surface area contributed by atoms with Gasteiger partial charge in [-0.05, 0) is 31.2 Å². The maximum atomic E-state index is 11.7. The largest absolute Gasteiger partial charge is 0.328 e. The Bertz CT molecular complexity index is 507. The number of aryl methyl sites for hydroxylation is 1. The molecule has 2 aromatic rings. The molecule has 0 spiro atoms. The minimum Gasteiger partial charge on any atom is -0.315 e. The summed E-state index contributed by atoms with van der Waals surface area (Å²) >= 11 is 5.71. The van der Waals surface area contributed by atoms with Gasteiger partial charge in [0.05, 0.1) is 0 Å². The third kappa shape index (κ3) is 2.38. The van der Waals surface area contributed by atoms with Crippen LogP contribution in [0.5, 0.6) is 0 Å². The van der Waals surface area contributed by atoms with Crippen LogP contribution in [0.4, 0.5) is 6.01 Å². The average molecular weight is 238 g/mol. The highest BCUT2D eigenvalue weighted by atomic mass is 35.5. The lowest BCUT2D eigenvalue weighted by atomic mass is 10.2. The van der Waals surface area contributed by atoms with Gasteiger partial charge in [0, 0.05) is 10.6 Å². The van der Waals surface area contributed by atoms with Crippen LogP contribution in [0.1, 0.15) is 16.2 Å². The van der Waals surface area contributed by atoms with Gasteiger partial charge < -0.3 is 4.52 Å². The number of aromatic nitrogens is 2. The third-order valence-electron chi connectivity index (χ3n) is 1.85. The summed E-state index contributed by atoms with van der Waals surface area (Å²) in [6, 6.07) is 6.57. The zero-order chi connectivity index (χ0) is 11.5. The van der Waals surface area contributed by atoms with E-state index in [0.717, 1.165) is 0 Å². The Morgan fingerprint density at radius 3 is 2.62 bits per heavy atom. The number of carbonyl (C=O) groups excluding carboxylic acids is 1. The van der Waals surface area contributed by atoms with Gasteiger partial charge in [-0.2, -0.15) is 4.98 Å². The van der Waals surface area contributed by atoms with E-state index in [2.05, 4.69) is 15.5 Å². The van der Waals surface area contributed by atoms with Crippen molar-refractivity contribution in [2.24, 2.45) is 0 Å². The molecule has 0 radical (unpaired) electrons. The Morgan fingerprint density at radius 1 is 1.38 bits per heavy atom. The molecule has 1 heterocycles. The molecule has 0 atom stereocenters. The summed E-state index contributed by atoms with van der Waals surface area (Å²) < 4.78 is 4.76. The number of nitrogens with zero attached hydrogens (tertiary/aromatic N) is 2. The number of rotatable bonds is 2. The van der Waals surface area contributed by atoms with Crippen LogP contribution in [0, 0.1) is 6.92 Å². The quantitative estimate of drug-likeness (QED) is 0.870. The molecule has 0 saturated carbocycles. The topological polar surface area (TPSA) is 68.0 Å². The zero-order valence-corrected chi connectivity index (χ0v) is 9.15. The SMILES string of the molecule is Cc1noc(NC(=O)c2ccc(Cl)cc2)n1. The van der Waals surface area contributed by atoms with Gasteiger partial charge in [0.15, 0.2) is 5.82 Å². The van der Waals surface area contributed by atoms with Crippen molar-refractivity contribution in [1.82, 2.24) is 10.1 Å². The van der Waals surface area contributed by atoms with E-state index in [-0.39, 0.29) is 11.9 Å². The Kier molecular flexibility index (Phi) is 2.87. The second-order valence-electron chi connectivity index (χ2n) is 3.11. The summed E-state index contributed by atoms with van der Waals surface area (Å²) in [5.74, 6) is 0.145. The molecule has 1 aromatic carbocycles. The van der Waals surface area contributed by atoms with E-state index in [0.29, 0.717) is 16.4 Å². The molecule has 2 rings (SSSR count). The van der Waals surface area contributed by atoms with Gasteiger partial charge in [0.1, 0.15) is 0 Å². The van der Waals surface area contributed by atoms with E-state index >= 15 is 0 Å². The van der Waals surface area contributed by atoms with Gasteiger partial charge in [-0.25, -0.2) is 0 Å². The van der Waals surface area contributed by atoms with E-state index in [9.17, 15) is 4.79 Å². The molecule has 82 valence electrons. The van der Waals surface area contributed by atoms with Crippen LogP contribution >= 0.6 is 11.6 Å². The van der Waals surface area contributed by atoms with Crippen LogP contribution in [0.3, 0.4) is 0 Å². The number of nitrogens with one attached hydrogen (secondary N) is 1. The predicted molar refractivity (Wildman–Crippen MR) is 58.4 cm³/mol. The summed E-state index contributed by atoms with van der Waals surface area (Å²) in [7, 11) is 0. The first-order valence-electron chi connectivity index (χ1n) is 4.52. The normalized spacial score (nSPS) is 10.1. The van der Waals surface area contributed by atoms with Crippen LogP contribution in [-0.4, -0.2) is 16.0 Å². The molecule has 0 bridgehead atoms. The minimum absolute atomic E-state index is 0.0810. The van der Waals surface area contributed by atoms with Crippen molar-refractivity contribution >= 4 is 23.5 Å². The number of halogens is 1. The van der Waals surface area contributed by atoms with Crippen molar-refractivity contribution in [2.75, 3.05) is 5.32 Å². The maximum absolute atomic E-state index is 11.7. The van der Waals surface area contributed by atoms with Crippen molar-refractivity contribution in [3.63, 3.8) is 0 Å². The molecule has 0 aliphatic carbocycles. The summed E-state index contributed by atoms with van der Waals surface area (Å²) in [5, 5.41) is 6.61. The average Bonchev–Trinajstić information content (AvgIpc) is 2.65. The van der Waals surface area contributed by atoms with Gasteiger partial charge in [-0.3, -0.25) is 10.1 Å². The standard InChI is InChI=1S/C10H8ClN3O2/c1-6-12-10(16-14-6)13-9(15)7-2-4-8(11)5-3-7/h2-5H,1H3,(H,12,13,14,15). The molecular weight excluding hydrogens is 230 g/mol. The molecule has 1 aromatic heterocycles. The molecule has 16 heavy (non-hydrogen) atoms. The number of hydrogen-bond donors (Lipinski definition) is 1. The lowest BCUT2D eigenvalue weighted by Crippen LogP contribution is -2.11. The van der Waals surface area contributed by atoms with Crippen molar-refractivity contribution in [3.8, 4) is 0 Å². The highest BCUT2D eigenvalue weighted by Gasteiger charge is 2.09. The molecule has 1 N–H and O–H groups in total. The molecule has 0 unspecified atom stereocenters. The number of anilines is 1. The first-order valence-corrected chi connectivity index (χ1v) is 4.90. The molecule has 0 saturated heterocycles. The smallest absolute Gasteiger partial charge is 0.315 e. The molecular formula is C10H8ClN3O2. The fraction of sp³-hybridized carbons (Fsp3) is 0.100. The number of benzene rings is 1. The summed E-state index contributed by atoms with van der Waals surface area (Å²) in [4.78, 5) is 15.5. The number of carbonyl (C=O) groups is 1.